The van der Waals surface area contributed by atoms with Gasteiger partial charge in [0.25, 0.3) is 0 Å². The molecule has 1 aromatic rings. The van der Waals surface area contributed by atoms with Crippen molar-refractivity contribution in [3.63, 3.8) is 0 Å². The monoisotopic (exact) mass is 269 g/mol. The zero-order chi connectivity index (χ0) is 13.0. The highest BCUT2D eigenvalue weighted by atomic mass is 32.2. The first-order valence-electron chi connectivity index (χ1n) is 6.18. The molecule has 0 amide bonds. The van der Waals surface area contributed by atoms with Gasteiger partial charge >= 0.3 is 0 Å². The van der Waals surface area contributed by atoms with Crippen molar-refractivity contribution in [2.75, 3.05) is 19.6 Å². The summed E-state index contributed by atoms with van der Waals surface area (Å²) in [6.07, 6.45) is 4.97. The van der Waals surface area contributed by atoms with E-state index < -0.39 is 10.0 Å². The van der Waals surface area contributed by atoms with E-state index in [1.54, 1.807) is 28.8 Å². The first-order valence-corrected chi connectivity index (χ1v) is 7.79. The summed E-state index contributed by atoms with van der Waals surface area (Å²) in [6, 6.07) is 3.54. The fourth-order valence-electron chi connectivity index (χ4n) is 2.21. The van der Waals surface area contributed by atoms with Gasteiger partial charge < -0.3 is 5.73 Å². The van der Waals surface area contributed by atoms with Gasteiger partial charge in [-0.1, -0.05) is 6.07 Å². The van der Waals surface area contributed by atoms with Crippen LogP contribution in [-0.2, 0) is 15.8 Å². The van der Waals surface area contributed by atoms with Crippen molar-refractivity contribution in [3.05, 3.63) is 30.1 Å². The van der Waals surface area contributed by atoms with E-state index in [9.17, 15) is 8.42 Å². The Morgan fingerprint density at radius 2 is 2.11 bits per heavy atom. The topological polar surface area (TPSA) is 76.3 Å². The Morgan fingerprint density at radius 3 is 2.67 bits per heavy atom. The smallest absolute Gasteiger partial charge is 0.218 e. The number of hydrogen-bond donors (Lipinski definition) is 1. The highest BCUT2D eigenvalue weighted by molar-refractivity contribution is 7.88. The van der Waals surface area contributed by atoms with Crippen LogP contribution in [0.1, 0.15) is 18.4 Å². The predicted octanol–water partition coefficient (Wildman–Crippen LogP) is 0.582. The summed E-state index contributed by atoms with van der Waals surface area (Å²) in [5.74, 6) is 0.503. The van der Waals surface area contributed by atoms with Crippen molar-refractivity contribution in [2.24, 2.45) is 11.7 Å². The Labute approximate surface area is 108 Å². The third-order valence-corrected chi connectivity index (χ3v) is 5.22. The van der Waals surface area contributed by atoms with E-state index in [0.717, 1.165) is 18.4 Å². The molecule has 5 nitrogen and oxygen atoms in total. The van der Waals surface area contributed by atoms with Gasteiger partial charge in [-0.05, 0) is 36.9 Å². The van der Waals surface area contributed by atoms with Gasteiger partial charge in [0.05, 0.1) is 5.75 Å². The van der Waals surface area contributed by atoms with Crippen LogP contribution in [0.4, 0.5) is 0 Å². The van der Waals surface area contributed by atoms with Crippen LogP contribution in [0.25, 0.3) is 0 Å². The van der Waals surface area contributed by atoms with Gasteiger partial charge in [-0.2, -0.15) is 0 Å². The van der Waals surface area contributed by atoms with Gasteiger partial charge in [0.15, 0.2) is 0 Å². The van der Waals surface area contributed by atoms with E-state index in [0.29, 0.717) is 25.6 Å². The Hall–Kier alpha value is -0.980. The number of pyridine rings is 1. The van der Waals surface area contributed by atoms with Gasteiger partial charge in [-0.3, -0.25) is 4.98 Å². The lowest BCUT2D eigenvalue weighted by Crippen LogP contribution is -2.40. The zero-order valence-electron chi connectivity index (χ0n) is 10.3. The molecule has 1 saturated heterocycles. The van der Waals surface area contributed by atoms with Crippen molar-refractivity contribution >= 4 is 10.0 Å². The number of sulfonamides is 1. The molecule has 0 saturated carbocycles. The van der Waals surface area contributed by atoms with E-state index in [2.05, 4.69) is 4.98 Å². The molecule has 2 rings (SSSR count). The van der Waals surface area contributed by atoms with Gasteiger partial charge in [-0.15, -0.1) is 0 Å². The predicted molar refractivity (Wildman–Crippen MR) is 70.2 cm³/mol. The highest BCUT2D eigenvalue weighted by Crippen LogP contribution is 2.20. The summed E-state index contributed by atoms with van der Waals surface area (Å²) in [6.45, 7) is 1.82. The molecule has 0 bridgehead atoms. The minimum Gasteiger partial charge on any atom is -0.330 e. The molecule has 1 fully saturated rings. The first kappa shape index (κ1) is 13.5. The second-order valence-corrected chi connectivity index (χ2v) is 6.66. The fourth-order valence-corrected chi connectivity index (χ4v) is 3.75. The largest absolute Gasteiger partial charge is 0.330 e. The molecule has 1 aliphatic rings. The first-order chi connectivity index (χ1) is 8.62. The number of nitrogens with two attached hydrogens (primary N) is 1. The Morgan fingerprint density at radius 1 is 1.39 bits per heavy atom. The van der Waals surface area contributed by atoms with Crippen LogP contribution >= 0.6 is 0 Å². The van der Waals surface area contributed by atoms with Gasteiger partial charge in [0.1, 0.15) is 0 Å². The van der Waals surface area contributed by atoms with Crippen LogP contribution in [0.5, 0.6) is 0 Å². The van der Waals surface area contributed by atoms with Crippen LogP contribution in [0.15, 0.2) is 24.5 Å². The summed E-state index contributed by atoms with van der Waals surface area (Å²) < 4.78 is 26.0. The Bertz CT molecular complexity index is 467. The van der Waals surface area contributed by atoms with Crippen LogP contribution in [0, 0.1) is 5.92 Å². The van der Waals surface area contributed by atoms with Gasteiger partial charge in [-0.25, -0.2) is 12.7 Å². The van der Waals surface area contributed by atoms with E-state index in [1.807, 2.05) is 0 Å². The molecule has 2 N–H and O–H groups in total. The molecule has 0 unspecified atom stereocenters. The molecule has 1 aromatic heterocycles. The normalized spacial score (nSPS) is 18.9. The fraction of sp³-hybridized carbons (Fsp3) is 0.583. The van der Waals surface area contributed by atoms with Crippen LogP contribution < -0.4 is 5.73 Å². The molecule has 6 heteroatoms. The molecule has 0 aromatic carbocycles. The molecule has 0 radical (unpaired) electrons. The standard InChI is InChI=1S/C12H19N3O2S/c13-8-11-3-6-15(7-4-11)18(16,17)10-12-2-1-5-14-9-12/h1-2,5,9,11H,3-4,6-8,10,13H2. The third-order valence-electron chi connectivity index (χ3n) is 3.37. The number of rotatable bonds is 4. The number of piperidine rings is 1. The SMILES string of the molecule is NCC1CCN(S(=O)(=O)Cc2cccnc2)CC1. The highest BCUT2D eigenvalue weighted by Gasteiger charge is 2.27. The lowest BCUT2D eigenvalue weighted by Gasteiger charge is -2.30. The van der Waals surface area contributed by atoms with Crippen LogP contribution in [0.3, 0.4) is 0 Å². The Kier molecular flexibility index (Phi) is 4.31. The molecule has 0 atom stereocenters. The second-order valence-electron chi connectivity index (χ2n) is 4.70. The van der Waals surface area contributed by atoms with Crippen molar-refractivity contribution in [1.29, 1.82) is 0 Å². The summed E-state index contributed by atoms with van der Waals surface area (Å²) in [5.41, 5.74) is 6.34. The summed E-state index contributed by atoms with van der Waals surface area (Å²) in [5, 5.41) is 0. The second kappa shape index (κ2) is 5.77. The third kappa shape index (κ3) is 3.28. The average Bonchev–Trinajstić information content (AvgIpc) is 2.39. The van der Waals surface area contributed by atoms with Crippen LogP contribution in [-0.4, -0.2) is 37.3 Å². The summed E-state index contributed by atoms with van der Waals surface area (Å²) in [4.78, 5) is 3.94. The lowest BCUT2D eigenvalue weighted by molar-refractivity contribution is 0.278. The molecule has 18 heavy (non-hydrogen) atoms. The zero-order valence-corrected chi connectivity index (χ0v) is 11.1. The van der Waals surface area contributed by atoms with E-state index in [-0.39, 0.29) is 5.75 Å². The quantitative estimate of drug-likeness (QED) is 0.867. The van der Waals surface area contributed by atoms with Crippen LogP contribution in [0.2, 0.25) is 0 Å². The maximum absolute atomic E-state index is 12.2. The molecular formula is C12H19N3O2S. The van der Waals surface area contributed by atoms with E-state index >= 15 is 0 Å². The lowest BCUT2D eigenvalue weighted by atomic mass is 9.99. The minimum atomic E-state index is -3.22. The number of aromatic nitrogens is 1. The summed E-state index contributed by atoms with van der Waals surface area (Å²) in [7, 11) is -3.22. The maximum Gasteiger partial charge on any atom is 0.218 e. The van der Waals surface area contributed by atoms with Crippen molar-refractivity contribution in [2.45, 2.75) is 18.6 Å². The molecule has 0 spiro atoms. The van der Waals surface area contributed by atoms with E-state index in [4.69, 9.17) is 5.73 Å². The molecule has 2 heterocycles. The summed E-state index contributed by atoms with van der Waals surface area (Å²) >= 11 is 0. The van der Waals surface area contributed by atoms with Gasteiger partial charge in [0.2, 0.25) is 10.0 Å². The minimum absolute atomic E-state index is 0.0358. The average molecular weight is 269 g/mol. The van der Waals surface area contributed by atoms with Crippen molar-refractivity contribution in [3.8, 4) is 0 Å². The molecule has 1 aliphatic heterocycles. The molecule has 100 valence electrons. The van der Waals surface area contributed by atoms with Crippen molar-refractivity contribution < 1.29 is 8.42 Å². The van der Waals surface area contributed by atoms with Crippen molar-refractivity contribution in [1.82, 2.24) is 9.29 Å². The van der Waals surface area contributed by atoms with E-state index in [1.165, 1.54) is 0 Å². The molecular weight excluding hydrogens is 250 g/mol. The number of hydrogen-bond acceptors (Lipinski definition) is 4. The number of nitrogens with zero attached hydrogens (tertiary/aromatic N) is 2. The maximum atomic E-state index is 12.2. The molecule has 0 aliphatic carbocycles. The van der Waals surface area contributed by atoms with Gasteiger partial charge in [0, 0.05) is 25.5 Å². The Balaban J connectivity index is 2.00.